The van der Waals surface area contributed by atoms with E-state index >= 15 is 0 Å². The van der Waals surface area contributed by atoms with Crippen molar-refractivity contribution in [1.82, 2.24) is 34.3 Å². The first-order valence-corrected chi connectivity index (χ1v) is 12.2. The van der Waals surface area contributed by atoms with Crippen molar-refractivity contribution >= 4 is 22.8 Å². The predicted molar refractivity (Wildman–Crippen MR) is 136 cm³/mol. The van der Waals surface area contributed by atoms with E-state index < -0.39 is 18.3 Å². The highest BCUT2D eigenvalue weighted by Crippen LogP contribution is 2.29. The third-order valence-electron chi connectivity index (χ3n) is 6.55. The number of pyridine rings is 1. The fourth-order valence-corrected chi connectivity index (χ4v) is 4.62. The van der Waals surface area contributed by atoms with Crippen LogP contribution < -0.4 is 5.32 Å². The molecule has 4 aromatic rings. The topological polar surface area (TPSA) is 75.0 Å². The normalized spacial score (nSPS) is 13.9. The number of alkyl halides is 1. The van der Waals surface area contributed by atoms with Gasteiger partial charge in [0.1, 0.15) is 29.5 Å². The van der Waals surface area contributed by atoms with Gasteiger partial charge in [0.15, 0.2) is 11.6 Å². The molecule has 0 unspecified atom stereocenters. The highest BCUT2D eigenvalue weighted by atomic mass is 19.1. The van der Waals surface area contributed by atoms with Crippen molar-refractivity contribution < 1.29 is 13.2 Å². The standard InChI is InChI=1S/C26H29F3N8/c1-16-31-25-19(28)12-18(13-22(25)37(16)9-7-27)24-20(29)14-30-26(34-24)33-23-5-4-17-15-36(11-10-35(2)3)8-6-21(17)32-23/h4-5,12-14H,6-11,15H2,1-3H3,(H,30,32,33,34). The molecule has 11 heteroatoms. The third-order valence-corrected chi connectivity index (χ3v) is 6.55. The van der Waals surface area contributed by atoms with Crippen molar-refractivity contribution in [2.24, 2.45) is 0 Å². The minimum Gasteiger partial charge on any atom is -0.325 e. The highest BCUT2D eigenvalue weighted by molar-refractivity contribution is 5.83. The van der Waals surface area contributed by atoms with Gasteiger partial charge in [-0.15, -0.1) is 0 Å². The fourth-order valence-electron chi connectivity index (χ4n) is 4.62. The van der Waals surface area contributed by atoms with Crippen molar-refractivity contribution in [1.29, 1.82) is 0 Å². The van der Waals surface area contributed by atoms with Crippen LogP contribution in [0, 0.1) is 18.6 Å². The van der Waals surface area contributed by atoms with E-state index in [1.54, 1.807) is 17.6 Å². The summed E-state index contributed by atoms with van der Waals surface area (Å²) in [5, 5.41) is 3.05. The lowest BCUT2D eigenvalue weighted by atomic mass is 10.1. The van der Waals surface area contributed by atoms with Crippen LogP contribution in [0.15, 0.2) is 30.5 Å². The summed E-state index contributed by atoms with van der Waals surface area (Å²) in [6.45, 7) is 4.86. The first-order chi connectivity index (χ1) is 17.8. The molecule has 3 aromatic heterocycles. The number of hydrogen-bond acceptors (Lipinski definition) is 7. The van der Waals surface area contributed by atoms with Gasteiger partial charge in [-0.2, -0.15) is 0 Å². The average molecular weight is 511 g/mol. The van der Waals surface area contributed by atoms with Crippen LogP contribution in [-0.4, -0.2) is 74.7 Å². The van der Waals surface area contributed by atoms with Crippen LogP contribution >= 0.6 is 0 Å². The van der Waals surface area contributed by atoms with E-state index in [1.807, 2.05) is 12.1 Å². The fraction of sp³-hybridized carbons (Fsp3) is 0.385. The SMILES string of the molecule is Cc1nc2c(F)cc(-c3nc(Nc4ccc5c(n4)CCN(CCN(C)C)C5)ncc3F)cc2n1CCF. The van der Waals surface area contributed by atoms with Crippen molar-refractivity contribution in [3.63, 3.8) is 0 Å². The van der Waals surface area contributed by atoms with Crippen molar-refractivity contribution in [2.75, 3.05) is 45.7 Å². The molecular formula is C26H29F3N8. The minimum absolute atomic E-state index is 0.0295. The molecule has 1 aromatic carbocycles. The number of rotatable bonds is 8. The van der Waals surface area contributed by atoms with Gasteiger partial charge in [-0.05, 0) is 44.8 Å². The molecule has 37 heavy (non-hydrogen) atoms. The number of aromatic nitrogens is 5. The largest absolute Gasteiger partial charge is 0.325 e. The smallest absolute Gasteiger partial charge is 0.229 e. The summed E-state index contributed by atoms with van der Waals surface area (Å²) in [6, 6.07) is 6.64. The lowest BCUT2D eigenvalue weighted by Gasteiger charge is -2.29. The zero-order valence-electron chi connectivity index (χ0n) is 21.1. The Morgan fingerprint density at radius 3 is 2.68 bits per heavy atom. The van der Waals surface area contributed by atoms with E-state index in [0.29, 0.717) is 17.2 Å². The molecule has 0 aliphatic carbocycles. The summed E-state index contributed by atoms with van der Waals surface area (Å²) in [7, 11) is 4.13. The van der Waals surface area contributed by atoms with Gasteiger partial charge in [-0.3, -0.25) is 4.90 Å². The average Bonchev–Trinajstić information content (AvgIpc) is 3.19. The molecule has 0 atom stereocenters. The summed E-state index contributed by atoms with van der Waals surface area (Å²) in [5.74, 6) is -0.156. The molecule has 0 spiro atoms. The van der Waals surface area contributed by atoms with Crippen LogP contribution in [0.4, 0.5) is 24.9 Å². The van der Waals surface area contributed by atoms with Crippen LogP contribution in [0.25, 0.3) is 22.3 Å². The van der Waals surface area contributed by atoms with Gasteiger partial charge in [-0.1, -0.05) is 6.07 Å². The van der Waals surface area contributed by atoms with Gasteiger partial charge >= 0.3 is 0 Å². The molecule has 1 N–H and O–H groups in total. The van der Waals surface area contributed by atoms with E-state index in [1.165, 1.54) is 11.6 Å². The Bertz CT molecular complexity index is 1440. The van der Waals surface area contributed by atoms with Gasteiger partial charge in [-0.25, -0.2) is 33.1 Å². The zero-order chi connectivity index (χ0) is 26.1. The van der Waals surface area contributed by atoms with Crippen molar-refractivity contribution in [3.8, 4) is 11.3 Å². The number of fused-ring (bicyclic) bond motifs is 2. The number of halogens is 3. The molecular weight excluding hydrogens is 481 g/mol. The number of anilines is 2. The Kier molecular flexibility index (Phi) is 7.07. The lowest BCUT2D eigenvalue weighted by Crippen LogP contribution is -2.36. The Morgan fingerprint density at radius 2 is 1.89 bits per heavy atom. The van der Waals surface area contributed by atoms with Crippen LogP contribution in [0.2, 0.25) is 0 Å². The highest BCUT2D eigenvalue weighted by Gasteiger charge is 2.19. The second-order valence-corrected chi connectivity index (χ2v) is 9.47. The number of imidazole rings is 1. The Hall–Kier alpha value is -3.57. The number of aryl methyl sites for hydroxylation is 2. The molecule has 0 saturated carbocycles. The van der Waals surface area contributed by atoms with Crippen LogP contribution in [0.1, 0.15) is 17.1 Å². The molecule has 0 saturated heterocycles. The summed E-state index contributed by atoms with van der Waals surface area (Å²) in [6.07, 6.45) is 1.87. The van der Waals surface area contributed by atoms with Gasteiger partial charge in [0.25, 0.3) is 0 Å². The summed E-state index contributed by atoms with van der Waals surface area (Å²) < 4.78 is 44.3. The molecule has 0 fully saturated rings. The molecule has 0 amide bonds. The van der Waals surface area contributed by atoms with Crippen LogP contribution in [-0.2, 0) is 19.5 Å². The molecule has 1 aliphatic heterocycles. The van der Waals surface area contributed by atoms with Gasteiger partial charge < -0.3 is 14.8 Å². The second kappa shape index (κ2) is 10.4. The maximum atomic E-state index is 14.9. The van der Waals surface area contributed by atoms with Gasteiger partial charge in [0.05, 0.1) is 18.3 Å². The number of nitrogens with one attached hydrogen (secondary N) is 1. The van der Waals surface area contributed by atoms with E-state index in [-0.39, 0.29) is 29.3 Å². The lowest BCUT2D eigenvalue weighted by molar-refractivity contribution is 0.224. The van der Waals surface area contributed by atoms with Gasteiger partial charge in [0, 0.05) is 43.9 Å². The molecule has 0 radical (unpaired) electrons. The molecule has 8 nitrogen and oxygen atoms in total. The molecule has 0 bridgehead atoms. The van der Waals surface area contributed by atoms with Crippen LogP contribution in [0.3, 0.4) is 0 Å². The van der Waals surface area contributed by atoms with E-state index in [4.69, 9.17) is 4.98 Å². The number of likely N-dealkylation sites (N-methyl/N-ethyl adjacent to an activating group) is 1. The van der Waals surface area contributed by atoms with Gasteiger partial charge in [0.2, 0.25) is 5.95 Å². The summed E-state index contributed by atoms with van der Waals surface area (Å²) in [5.41, 5.74) is 2.83. The number of hydrogen-bond donors (Lipinski definition) is 1. The number of benzene rings is 1. The summed E-state index contributed by atoms with van der Waals surface area (Å²) >= 11 is 0. The second-order valence-electron chi connectivity index (χ2n) is 9.47. The third kappa shape index (κ3) is 5.28. The van der Waals surface area contributed by atoms with E-state index in [0.717, 1.165) is 44.5 Å². The van der Waals surface area contributed by atoms with E-state index in [9.17, 15) is 13.2 Å². The zero-order valence-corrected chi connectivity index (χ0v) is 21.1. The van der Waals surface area contributed by atoms with Crippen LogP contribution in [0.5, 0.6) is 0 Å². The predicted octanol–water partition coefficient (Wildman–Crippen LogP) is 4.11. The molecule has 4 heterocycles. The first-order valence-electron chi connectivity index (χ1n) is 12.2. The van der Waals surface area contributed by atoms with E-state index in [2.05, 4.69) is 44.2 Å². The quantitative estimate of drug-likeness (QED) is 0.382. The Balaban J connectivity index is 1.40. The molecule has 194 valence electrons. The van der Waals surface area contributed by atoms with Crippen molar-refractivity contribution in [3.05, 3.63) is 59.2 Å². The summed E-state index contributed by atoms with van der Waals surface area (Å²) in [4.78, 5) is 21.9. The first kappa shape index (κ1) is 25.1. The Morgan fingerprint density at radius 1 is 1.05 bits per heavy atom. The number of nitrogens with zero attached hydrogens (tertiary/aromatic N) is 7. The minimum atomic E-state index is -0.700. The molecule has 5 rings (SSSR count). The monoisotopic (exact) mass is 510 g/mol. The maximum absolute atomic E-state index is 14.9. The maximum Gasteiger partial charge on any atom is 0.229 e. The molecule has 1 aliphatic rings. The van der Waals surface area contributed by atoms with Crippen molar-refractivity contribution in [2.45, 2.75) is 26.4 Å². The Labute approximate surface area is 213 Å².